The Morgan fingerprint density at radius 1 is 1.62 bits per heavy atom. The maximum Gasteiger partial charge on any atom is 0.272 e. The van der Waals surface area contributed by atoms with E-state index in [9.17, 15) is 9.90 Å². The number of rotatable bonds is 1. The summed E-state index contributed by atoms with van der Waals surface area (Å²) in [6.45, 7) is 0.254. The van der Waals surface area contributed by atoms with E-state index >= 15 is 0 Å². The molecule has 2 heterocycles. The van der Waals surface area contributed by atoms with Crippen molar-refractivity contribution in [3.63, 3.8) is 0 Å². The summed E-state index contributed by atoms with van der Waals surface area (Å²) in [4.78, 5) is 13.8. The molecule has 70 valence electrons. The number of aliphatic hydroxyl groups excluding tert-OH is 1. The molecule has 7 heteroatoms. The molecule has 1 fully saturated rings. The molecule has 1 unspecified atom stereocenters. The first-order valence-electron chi connectivity index (χ1n) is 3.89. The Balaban J connectivity index is 2.22. The van der Waals surface area contributed by atoms with Crippen molar-refractivity contribution in [3.8, 4) is 0 Å². The molecule has 1 amide bonds. The lowest BCUT2D eigenvalue weighted by Gasteiger charge is -2.08. The van der Waals surface area contributed by atoms with Gasteiger partial charge in [-0.15, -0.1) is 5.10 Å². The van der Waals surface area contributed by atoms with Crippen LogP contribution in [-0.4, -0.2) is 43.9 Å². The first kappa shape index (κ1) is 8.11. The number of β-amino-alcohol motifs (C(OH)–C–C–N with tert-alkyl or cyclic N) is 1. The van der Waals surface area contributed by atoms with Crippen molar-refractivity contribution in [3.05, 3.63) is 0 Å². The second kappa shape index (κ2) is 2.77. The average molecular weight is 183 g/mol. The molecule has 1 aliphatic rings. The Morgan fingerprint density at radius 3 is 2.85 bits per heavy atom. The fourth-order valence-corrected chi connectivity index (χ4v) is 1.26. The van der Waals surface area contributed by atoms with Crippen LogP contribution < -0.4 is 4.90 Å². The van der Waals surface area contributed by atoms with Crippen molar-refractivity contribution < 1.29 is 9.90 Å². The molecule has 0 saturated carbocycles. The van der Waals surface area contributed by atoms with E-state index in [0.29, 0.717) is 0 Å². The zero-order valence-electron chi connectivity index (χ0n) is 7.08. The number of amides is 1. The van der Waals surface area contributed by atoms with Crippen molar-refractivity contribution in [1.29, 1.82) is 0 Å². The molecule has 2 rings (SSSR count). The first-order chi connectivity index (χ1) is 6.16. The van der Waals surface area contributed by atoms with Gasteiger partial charge >= 0.3 is 0 Å². The Morgan fingerprint density at radius 2 is 2.38 bits per heavy atom. The number of hydrogen-bond donors (Lipinski definition) is 1. The number of nitrogens with zero attached hydrogens (tertiary/aromatic N) is 5. The quantitative estimate of drug-likeness (QED) is 0.561. The Bertz CT molecular complexity index is 336. The van der Waals surface area contributed by atoms with E-state index in [4.69, 9.17) is 0 Å². The zero-order chi connectivity index (χ0) is 9.42. The van der Waals surface area contributed by atoms with Gasteiger partial charge in [-0.25, -0.2) is 0 Å². The standard InChI is InChI=1S/C6H9N5O2/c1-10-8-6(7-9-10)11-3-4(12)2-5(11)13/h4,12H,2-3H2,1H3. The van der Waals surface area contributed by atoms with E-state index < -0.39 is 6.10 Å². The average Bonchev–Trinajstić information content (AvgIpc) is 2.58. The molecule has 1 aromatic rings. The second-order valence-corrected chi connectivity index (χ2v) is 2.94. The highest BCUT2D eigenvalue weighted by Gasteiger charge is 2.31. The molecule has 13 heavy (non-hydrogen) atoms. The Kier molecular flexibility index (Phi) is 1.73. The number of carbonyl (C=O) groups excluding carboxylic acids is 1. The monoisotopic (exact) mass is 183 g/mol. The number of hydrogen-bond acceptors (Lipinski definition) is 5. The third-order valence-corrected chi connectivity index (χ3v) is 1.84. The van der Waals surface area contributed by atoms with E-state index in [1.54, 1.807) is 7.05 Å². The van der Waals surface area contributed by atoms with Gasteiger partial charge in [0.05, 0.1) is 26.1 Å². The molecule has 1 aliphatic heterocycles. The predicted molar refractivity (Wildman–Crippen MR) is 41.8 cm³/mol. The van der Waals surface area contributed by atoms with E-state index in [1.807, 2.05) is 0 Å². The van der Waals surface area contributed by atoms with Crippen LogP contribution in [0, 0.1) is 0 Å². The van der Waals surface area contributed by atoms with Crippen molar-refractivity contribution in [2.75, 3.05) is 11.4 Å². The van der Waals surface area contributed by atoms with Crippen LogP contribution in [0.1, 0.15) is 6.42 Å². The van der Waals surface area contributed by atoms with Gasteiger partial charge in [0, 0.05) is 0 Å². The third-order valence-electron chi connectivity index (χ3n) is 1.84. The molecule has 7 nitrogen and oxygen atoms in total. The highest BCUT2D eigenvalue weighted by molar-refractivity contribution is 5.94. The Labute approximate surface area is 73.9 Å². The van der Waals surface area contributed by atoms with Crippen LogP contribution in [0.4, 0.5) is 5.95 Å². The van der Waals surface area contributed by atoms with Crippen molar-refractivity contribution in [1.82, 2.24) is 20.2 Å². The highest BCUT2D eigenvalue weighted by Crippen LogP contribution is 2.15. The molecular weight excluding hydrogens is 174 g/mol. The van der Waals surface area contributed by atoms with Crippen LogP contribution in [-0.2, 0) is 11.8 Å². The molecule has 1 atom stereocenters. The van der Waals surface area contributed by atoms with Gasteiger partial charge in [0.25, 0.3) is 5.95 Å². The molecule has 0 bridgehead atoms. The van der Waals surface area contributed by atoms with Crippen molar-refractivity contribution in [2.45, 2.75) is 12.5 Å². The fraction of sp³-hybridized carbons (Fsp3) is 0.667. The number of tetrazole rings is 1. The molecule has 1 N–H and O–H groups in total. The van der Waals surface area contributed by atoms with Crippen molar-refractivity contribution >= 4 is 11.9 Å². The van der Waals surface area contributed by atoms with Gasteiger partial charge < -0.3 is 5.11 Å². The minimum absolute atomic E-state index is 0.137. The first-order valence-corrected chi connectivity index (χ1v) is 3.89. The van der Waals surface area contributed by atoms with Gasteiger partial charge in [0.1, 0.15) is 0 Å². The highest BCUT2D eigenvalue weighted by atomic mass is 16.3. The van der Waals surface area contributed by atoms with Gasteiger partial charge in [0.15, 0.2) is 0 Å². The lowest BCUT2D eigenvalue weighted by molar-refractivity contribution is -0.117. The Hall–Kier alpha value is -1.50. The smallest absolute Gasteiger partial charge is 0.272 e. The van der Waals surface area contributed by atoms with E-state index in [1.165, 1.54) is 9.70 Å². The largest absolute Gasteiger partial charge is 0.391 e. The van der Waals surface area contributed by atoms with Gasteiger partial charge in [-0.1, -0.05) is 5.10 Å². The lowest BCUT2D eigenvalue weighted by atomic mass is 10.3. The summed E-state index contributed by atoms with van der Waals surface area (Å²) in [7, 11) is 1.62. The fourth-order valence-electron chi connectivity index (χ4n) is 1.26. The SMILES string of the molecule is Cn1nnc(N2CC(O)CC2=O)n1. The topological polar surface area (TPSA) is 84.1 Å². The van der Waals surface area contributed by atoms with E-state index in [0.717, 1.165) is 0 Å². The second-order valence-electron chi connectivity index (χ2n) is 2.94. The van der Waals surface area contributed by atoms with Crippen LogP contribution in [0.5, 0.6) is 0 Å². The summed E-state index contributed by atoms with van der Waals surface area (Å²) in [6, 6.07) is 0. The molecule has 0 aromatic carbocycles. The maximum atomic E-state index is 11.2. The summed E-state index contributed by atoms with van der Waals surface area (Å²) in [5.41, 5.74) is 0. The minimum atomic E-state index is -0.615. The number of aliphatic hydroxyl groups is 1. The number of aryl methyl sites for hydroxylation is 1. The third kappa shape index (κ3) is 1.37. The summed E-state index contributed by atoms with van der Waals surface area (Å²) < 4.78 is 0. The van der Waals surface area contributed by atoms with Gasteiger partial charge in [-0.2, -0.15) is 4.80 Å². The van der Waals surface area contributed by atoms with Crippen molar-refractivity contribution in [2.24, 2.45) is 7.05 Å². The minimum Gasteiger partial charge on any atom is -0.391 e. The summed E-state index contributed by atoms with van der Waals surface area (Å²) in [5, 5.41) is 20.3. The van der Waals surface area contributed by atoms with E-state index in [2.05, 4.69) is 15.4 Å². The summed E-state index contributed by atoms with van der Waals surface area (Å²) in [5.74, 6) is 0.0875. The van der Waals surface area contributed by atoms with Crippen LogP contribution in [0.15, 0.2) is 0 Å². The molecule has 1 saturated heterocycles. The maximum absolute atomic E-state index is 11.2. The number of aromatic nitrogens is 4. The number of carbonyl (C=O) groups is 1. The molecule has 0 radical (unpaired) electrons. The molecule has 0 spiro atoms. The summed E-state index contributed by atoms with van der Waals surface area (Å²) >= 11 is 0. The van der Waals surface area contributed by atoms with Gasteiger partial charge in [-0.3, -0.25) is 9.69 Å². The van der Waals surface area contributed by atoms with Crippen LogP contribution in [0.25, 0.3) is 0 Å². The van der Waals surface area contributed by atoms with Crippen LogP contribution >= 0.6 is 0 Å². The lowest BCUT2D eigenvalue weighted by Crippen LogP contribution is -2.26. The summed E-state index contributed by atoms with van der Waals surface area (Å²) in [6.07, 6.45) is -0.477. The zero-order valence-corrected chi connectivity index (χ0v) is 7.08. The van der Waals surface area contributed by atoms with Crippen LogP contribution in [0.2, 0.25) is 0 Å². The molecule has 1 aromatic heterocycles. The van der Waals surface area contributed by atoms with E-state index in [-0.39, 0.29) is 24.8 Å². The normalized spacial score (nSPS) is 22.8. The van der Waals surface area contributed by atoms with Crippen LogP contribution in [0.3, 0.4) is 0 Å². The molecular formula is C6H9N5O2. The predicted octanol–water partition coefficient (Wildman–Crippen LogP) is -1.69. The van der Waals surface area contributed by atoms with Gasteiger partial charge in [-0.05, 0) is 5.21 Å². The van der Waals surface area contributed by atoms with Gasteiger partial charge in [0.2, 0.25) is 5.91 Å². The molecule has 0 aliphatic carbocycles. The number of anilines is 1.